The fourth-order valence-electron chi connectivity index (χ4n) is 3.11. The molecular formula is C17H24N4OS. The van der Waals surface area contributed by atoms with Gasteiger partial charge in [0.1, 0.15) is 0 Å². The number of fused-ring (bicyclic) bond motifs is 1. The highest BCUT2D eigenvalue weighted by Crippen LogP contribution is 2.24. The van der Waals surface area contributed by atoms with Gasteiger partial charge in [-0.3, -0.25) is 9.48 Å². The number of thiophene rings is 1. The van der Waals surface area contributed by atoms with E-state index in [9.17, 15) is 4.79 Å². The third kappa shape index (κ3) is 3.82. The second-order valence-corrected chi connectivity index (χ2v) is 7.41. The first-order chi connectivity index (χ1) is 11.0. The topological polar surface area (TPSA) is 50.2 Å². The summed E-state index contributed by atoms with van der Waals surface area (Å²) in [6.07, 6.45) is 4.86. The molecule has 6 heteroatoms. The molecule has 0 aliphatic carbocycles. The molecule has 3 rings (SSSR count). The summed E-state index contributed by atoms with van der Waals surface area (Å²) in [5.74, 6) is 0.186. The number of nitrogens with one attached hydrogen (secondary N) is 1. The lowest BCUT2D eigenvalue weighted by atomic mass is 10.1. The van der Waals surface area contributed by atoms with Crippen molar-refractivity contribution in [1.82, 2.24) is 20.0 Å². The van der Waals surface area contributed by atoms with Crippen LogP contribution in [-0.4, -0.2) is 39.2 Å². The van der Waals surface area contributed by atoms with Gasteiger partial charge in [-0.2, -0.15) is 5.10 Å². The first-order valence-corrected chi connectivity index (χ1v) is 9.00. The first kappa shape index (κ1) is 16.2. The van der Waals surface area contributed by atoms with Gasteiger partial charge in [0.15, 0.2) is 0 Å². The van der Waals surface area contributed by atoms with E-state index in [0.717, 1.165) is 31.6 Å². The predicted molar refractivity (Wildman–Crippen MR) is 92.5 cm³/mol. The average molecular weight is 332 g/mol. The van der Waals surface area contributed by atoms with E-state index in [1.165, 1.54) is 10.4 Å². The van der Waals surface area contributed by atoms with E-state index >= 15 is 0 Å². The minimum Gasteiger partial charge on any atom is -0.337 e. The molecule has 1 aliphatic rings. The number of hydrogen-bond acceptors (Lipinski definition) is 4. The SMILES string of the molecule is Cc1cnn(C[C@@H](C)N[C@H](C)C(=O)N2CCc3sccc3C2)c1. The van der Waals surface area contributed by atoms with Crippen molar-refractivity contribution in [3.63, 3.8) is 0 Å². The summed E-state index contributed by atoms with van der Waals surface area (Å²) < 4.78 is 1.92. The smallest absolute Gasteiger partial charge is 0.239 e. The van der Waals surface area contributed by atoms with Crippen molar-refractivity contribution in [2.75, 3.05) is 6.54 Å². The van der Waals surface area contributed by atoms with Crippen molar-refractivity contribution in [3.8, 4) is 0 Å². The number of rotatable bonds is 5. The maximum atomic E-state index is 12.7. The maximum Gasteiger partial charge on any atom is 0.239 e. The zero-order valence-electron chi connectivity index (χ0n) is 14.0. The van der Waals surface area contributed by atoms with Gasteiger partial charge in [-0.05, 0) is 49.8 Å². The second kappa shape index (κ2) is 6.84. The summed E-state index contributed by atoms with van der Waals surface area (Å²) in [6.45, 7) is 8.41. The Morgan fingerprint density at radius 1 is 1.48 bits per heavy atom. The van der Waals surface area contributed by atoms with Crippen molar-refractivity contribution >= 4 is 17.2 Å². The minimum absolute atomic E-state index is 0.179. The van der Waals surface area contributed by atoms with Crippen molar-refractivity contribution in [2.45, 2.75) is 52.4 Å². The fraction of sp³-hybridized carbons (Fsp3) is 0.529. The van der Waals surface area contributed by atoms with Crippen LogP contribution in [0.25, 0.3) is 0 Å². The first-order valence-electron chi connectivity index (χ1n) is 8.12. The Hall–Kier alpha value is -1.66. The Kier molecular flexibility index (Phi) is 4.82. The van der Waals surface area contributed by atoms with Crippen molar-refractivity contribution in [3.05, 3.63) is 39.8 Å². The number of aryl methyl sites for hydroxylation is 1. The molecule has 1 aliphatic heterocycles. The van der Waals surface area contributed by atoms with Crippen LogP contribution in [0.4, 0.5) is 0 Å². The van der Waals surface area contributed by atoms with Crippen molar-refractivity contribution in [2.24, 2.45) is 0 Å². The van der Waals surface area contributed by atoms with Crippen LogP contribution in [0.2, 0.25) is 0 Å². The summed E-state index contributed by atoms with van der Waals surface area (Å²) >= 11 is 1.80. The molecule has 0 saturated carbocycles. The van der Waals surface area contributed by atoms with E-state index in [1.807, 2.05) is 35.8 Å². The van der Waals surface area contributed by atoms with Crippen LogP contribution in [0.5, 0.6) is 0 Å². The number of carbonyl (C=O) groups is 1. The van der Waals surface area contributed by atoms with E-state index in [0.29, 0.717) is 0 Å². The van der Waals surface area contributed by atoms with Crippen LogP contribution < -0.4 is 5.32 Å². The van der Waals surface area contributed by atoms with E-state index < -0.39 is 0 Å². The summed E-state index contributed by atoms with van der Waals surface area (Å²) in [5, 5.41) is 9.82. The largest absolute Gasteiger partial charge is 0.337 e. The number of hydrogen-bond donors (Lipinski definition) is 1. The number of amides is 1. The van der Waals surface area contributed by atoms with Gasteiger partial charge in [-0.25, -0.2) is 0 Å². The molecule has 0 fully saturated rings. The highest BCUT2D eigenvalue weighted by Gasteiger charge is 2.25. The third-order valence-corrected chi connectivity index (χ3v) is 5.27. The molecule has 3 heterocycles. The lowest BCUT2D eigenvalue weighted by molar-refractivity contribution is -0.134. The van der Waals surface area contributed by atoms with E-state index in [-0.39, 0.29) is 18.0 Å². The van der Waals surface area contributed by atoms with Crippen LogP contribution in [-0.2, 0) is 24.3 Å². The monoisotopic (exact) mass is 332 g/mol. The Labute approximate surface area is 141 Å². The predicted octanol–water partition coefficient (Wildman–Crippen LogP) is 2.20. The molecule has 0 unspecified atom stereocenters. The number of carbonyl (C=O) groups excluding carboxylic acids is 1. The minimum atomic E-state index is -0.179. The van der Waals surface area contributed by atoms with Crippen molar-refractivity contribution < 1.29 is 4.79 Å². The molecule has 0 aromatic carbocycles. The van der Waals surface area contributed by atoms with Gasteiger partial charge in [-0.1, -0.05) is 0 Å². The highest BCUT2D eigenvalue weighted by molar-refractivity contribution is 7.10. The quantitative estimate of drug-likeness (QED) is 0.913. The third-order valence-electron chi connectivity index (χ3n) is 4.25. The van der Waals surface area contributed by atoms with Gasteiger partial charge in [-0.15, -0.1) is 11.3 Å². The van der Waals surface area contributed by atoms with Crippen molar-refractivity contribution in [1.29, 1.82) is 0 Å². The normalized spacial score (nSPS) is 16.9. The summed E-state index contributed by atoms with van der Waals surface area (Å²) in [7, 11) is 0. The summed E-state index contributed by atoms with van der Waals surface area (Å²) in [4.78, 5) is 16.1. The Bertz CT molecular complexity index is 678. The molecule has 0 saturated heterocycles. The molecule has 1 N–H and O–H groups in total. The fourth-order valence-corrected chi connectivity index (χ4v) is 4.00. The summed E-state index contributed by atoms with van der Waals surface area (Å²) in [6, 6.07) is 2.15. The molecule has 0 spiro atoms. The zero-order valence-corrected chi connectivity index (χ0v) is 14.8. The lowest BCUT2D eigenvalue weighted by Crippen LogP contribution is -2.49. The Morgan fingerprint density at radius 2 is 2.30 bits per heavy atom. The maximum absolute atomic E-state index is 12.7. The molecular weight excluding hydrogens is 308 g/mol. The van der Waals surface area contributed by atoms with Gasteiger partial charge in [0, 0.05) is 30.2 Å². The van der Waals surface area contributed by atoms with Crippen LogP contribution >= 0.6 is 11.3 Å². The van der Waals surface area contributed by atoms with Crippen LogP contribution in [0.1, 0.15) is 29.9 Å². The standard InChI is InChI=1S/C17H24N4OS/c1-12-8-18-21(9-12)10-13(2)19-14(3)17(22)20-6-4-16-15(11-20)5-7-23-16/h5,7-9,13-14,19H,4,6,10-11H2,1-3H3/t13-,14-/m1/s1. The Morgan fingerprint density at radius 3 is 3.04 bits per heavy atom. The van der Waals surface area contributed by atoms with Gasteiger partial charge in [0.2, 0.25) is 5.91 Å². The average Bonchev–Trinajstić information content (AvgIpc) is 3.14. The molecule has 0 bridgehead atoms. The molecule has 23 heavy (non-hydrogen) atoms. The van der Waals surface area contributed by atoms with E-state index in [1.54, 1.807) is 11.3 Å². The molecule has 2 aromatic heterocycles. The van der Waals surface area contributed by atoms with Crippen LogP contribution in [0.15, 0.2) is 23.8 Å². The van der Waals surface area contributed by atoms with E-state index in [4.69, 9.17) is 0 Å². The molecule has 1 amide bonds. The molecule has 2 aromatic rings. The highest BCUT2D eigenvalue weighted by atomic mass is 32.1. The molecule has 2 atom stereocenters. The van der Waals surface area contributed by atoms with Crippen LogP contribution in [0.3, 0.4) is 0 Å². The van der Waals surface area contributed by atoms with Gasteiger partial charge < -0.3 is 10.2 Å². The zero-order chi connectivity index (χ0) is 16.4. The number of nitrogens with zero attached hydrogens (tertiary/aromatic N) is 3. The summed E-state index contributed by atoms with van der Waals surface area (Å²) in [5.41, 5.74) is 2.46. The van der Waals surface area contributed by atoms with E-state index in [2.05, 4.69) is 28.8 Å². The second-order valence-electron chi connectivity index (χ2n) is 6.41. The number of aromatic nitrogens is 2. The molecule has 0 radical (unpaired) electrons. The van der Waals surface area contributed by atoms with Gasteiger partial charge in [0.05, 0.1) is 18.8 Å². The van der Waals surface area contributed by atoms with Gasteiger partial charge >= 0.3 is 0 Å². The molecule has 124 valence electrons. The lowest BCUT2D eigenvalue weighted by Gasteiger charge is -2.30. The Balaban J connectivity index is 1.53. The molecule has 5 nitrogen and oxygen atoms in total. The van der Waals surface area contributed by atoms with Gasteiger partial charge in [0.25, 0.3) is 0 Å². The van der Waals surface area contributed by atoms with Crippen LogP contribution in [0, 0.1) is 6.92 Å².